The van der Waals surface area contributed by atoms with Gasteiger partial charge in [0, 0.05) is 11.6 Å². The van der Waals surface area contributed by atoms with E-state index in [9.17, 15) is 4.79 Å². The molecule has 1 amide bonds. The molecule has 3 aromatic rings. The first-order valence-corrected chi connectivity index (χ1v) is 11.1. The fourth-order valence-corrected chi connectivity index (χ4v) is 4.80. The van der Waals surface area contributed by atoms with E-state index in [1.807, 2.05) is 35.1 Å². The maximum absolute atomic E-state index is 12.9. The second-order valence-electron chi connectivity index (χ2n) is 8.51. The first-order valence-electron chi connectivity index (χ1n) is 11.1. The molecule has 1 N–H and O–H groups in total. The molecule has 2 heterocycles. The van der Waals surface area contributed by atoms with Crippen LogP contribution in [-0.4, -0.2) is 32.8 Å². The highest BCUT2D eigenvalue weighted by molar-refractivity contribution is 5.97. The zero-order chi connectivity index (χ0) is 20.3. The summed E-state index contributed by atoms with van der Waals surface area (Å²) >= 11 is 0. The van der Waals surface area contributed by atoms with Crippen molar-refractivity contribution in [3.05, 3.63) is 59.9 Å². The predicted octanol–water partition coefficient (Wildman–Crippen LogP) is 4.41. The molecule has 30 heavy (non-hydrogen) atoms. The minimum Gasteiger partial charge on any atom is -0.371 e. The van der Waals surface area contributed by atoms with Crippen LogP contribution in [-0.2, 0) is 11.3 Å². The fourth-order valence-electron chi connectivity index (χ4n) is 4.80. The Bertz CT molecular complexity index is 1010. The molecule has 0 saturated heterocycles. The van der Waals surface area contributed by atoms with Crippen molar-refractivity contribution < 1.29 is 9.53 Å². The zero-order valence-corrected chi connectivity index (χ0v) is 17.2. The van der Waals surface area contributed by atoms with Crippen LogP contribution in [0.15, 0.2) is 48.8 Å². The summed E-state index contributed by atoms with van der Waals surface area (Å²) in [4.78, 5) is 17.5. The highest BCUT2D eigenvalue weighted by Crippen LogP contribution is 2.31. The third-order valence-electron chi connectivity index (χ3n) is 6.44. The van der Waals surface area contributed by atoms with Crippen molar-refractivity contribution in [2.45, 2.75) is 69.7 Å². The molecule has 1 aromatic carbocycles. The summed E-state index contributed by atoms with van der Waals surface area (Å²) in [6, 6.07) is 12.6. The maximum atomic E-state index is 12.9. The summed E-state index contributed by atoms with van der Waals surface area (Å²) in [6.45, 7) is 0.575. The Morgan fingerprint density at radius 2 is 1.90 bits per heavy atom. The Balaban J connectivity index is 1.24. The topological polar surface area (TPSA) is 69.0 Å². The molecule has 6 heteroatoms. The van der Waals surface area contributed by atoms with Gasteiger partial charge in [-0.3, -0.25) is 4.79 Å². The number of carbonyl (C=O) groups is 1. The van der Waals surface area contributed by atoms with Crippen LogP contribution in [0.5, 0.6) is 0 Å². The van der Waals surface area contributed by atoms with Crippen molar-refractivity contribution in [3.63, 3.8) is 0 Å². The predicted molar refractivity (Wildman–Crippen MR) is 115 cm³/mol. The number of hydrogen-bond donors (Lipinski definition) is 1. The second-order valence-corrected chi connectivity index (χ2v) is 8.51. The monoisotopic (exact) mass is 404 g/mol. The minimum atomic E-state index is -0.0850. The third kappa shape index (κ3) is 3.97. The van der Waals surface area contributed by atoms with E-state index in [-0.39, 0.29) is 18.1 Å². The van der Waals surface area contributed by atoms with E-state index in [1.54, 1.807) is 6.20 Å². The Hall–Kier alpha value is -2.73. The van der Waals surface area contributed by atoms with Crippen molar-refractivity contribution in [1.29, 1.82) is 0 Å². The maximum Gasteiger partial charge on any atom is 0.253 e. The molecule has 0 spiro atoms. The molecular formula is C24H28N4O2. The number of nitrogens with zero attached hydrogens (tertiary/aromatic N) is 3. The van der Waals surface area contributed by atoms with Gasteiger partial charge in [-0.1, -0.05) is 43.2 Å². The number of fused-ring (bicyclic) bond motifs is 1. The van der Waals surface area contributed by atoms with E-state index in [4.69, 9.17) is 4.74 Å². The van der Waals surface area contributed by atoms with Crippen molar-refractivity contribution >= 4 is 16.9 Å². The lowest BCUT2D eigenvalue weighted by Crippen LogP contribution is -2.41. The minimum absolute atomic E-state index is 0.0399. The first kappa shape index (κ1) is 19.2. The molecule has 0 aliphatic heterocycles. The average Bonchev–Trinajstić information content (AvgIpc) is 3.53. The Kier molecular flexibility index (Phi) is 5.49. The van der Waals surface area contributed by atoms with Gasteiger partial charge in [-0.05, 0) is 43.7 Å². The number of rotatable bonds is 6. The molecule has 0 unspecified atom stereocenters. The highest BCUT2D eigenvalue weighted by Gasteiger charge is 2.30. The summed E-state index contributed by atoms with van der Waals surface area (Å²) < 4.78 is 8.16. The molecule has 2 aliphatic rings. The van der Waals surface area contributed by atoms with Crippen LogP contribution >= 0.6 is 0 Å². The molecule has 2 saturated carbocycles. The van der Waals surface area contributed by atoms with Gasteiger partial charge in [-0.25, -0.2) is 9.67 Å². The highest BCUT2D eigenvalue weighted by atomic mass is 16.5. The molecule has 2 fully saturated rings. The SMILES string of the molecule is O=C(N[C@H]1CCC[C@H]1OCc1ccccc1)c1cnc2c(cnn2C2CCCC2)c1. The van der Waals surface area contributed by atoms with Gasteiger partial charge in [0.15, 0.2) is 5.65 Å². The molecule has 2 aliphatic carbocycles. The second kappa shape index (κ2) is 8.56. The molecule has 0 radical (unpaired) electrons. The van der Waals surface area contributed by atoms with Crippen LogP contribution in [0.1, 0.15) is 66.9 Å². The number of carbonyl (C=O) groups excluding carboxylic acids is 1. The Labute approximate surface area is 176 Å². The number of nitrogens with one attached hydrogen (secondary N) is 1. The van der Waals surface area contributed by atoms with Crippen LogP contribution in [0.4, 0.5) is 0 Å². The molecule has 156 valence electrons. The smallest absolute Gasteiger partial charge is 0.253 e. The Morgan fingerprint density at radius 3 is 2.73 bits per heavy atom. The standard InChI is InChI=1S/C24H28N4O2/c29-24(27-21-11-6-12-22(21)30-16-17-7-2-1-3-8-17)19-13-18-15-26-28(23(18)25-14-19)20-9-4-5-10-20/h1-3,7-8,13-15,20-22H,4-6,9-12,16H2,(H,27,29)/t21-,22+/m0/s1. The van der Waals surface area contributed by atoms with Gasteiger partial charge in [0.2, 0.25) is 0 Å². The molecule has 5 rings (SSSR count). The van der Waals surface area contributed by atoms with Crippen molar-refractivity contribution in [3.8, 4) is 0 Å². The zero-order valence-electron chi connectivity index (χ0n) is 17.2. The molecule has 0 bridgehead atoms. The largest absolute Gasteiger partial charge is 0.371 e. The first-order chi connectivity index (χ1) is 14.8. The van der Waals surface area contributed by atoms with E-state index in [2.05, 4.69) is 27.5 Å². The molecule has 6 nitrogen and oxygen atoms in total. The number of amides is 1. The van der Waals surface area contributed by atoms with Crippen LogP contribution < -0.4 is 5.32 Å². The summed E-state index contributed by atoms with van der Waals surface area (Å²) in [7, 11) is 0. The van der Waals surface area contributed by atoms with Gasteiger partial charge in [0.1, 0.15) is 0 Å². The van der Waals surface area contributed by atoms with Crippen molar-refractivity contribution in [2.24, 2.45) is 0 Å². The van der Waals surface area contributed by atoms with Crippen LogP contribution in [0.2, 0.25) is 0 Å². The number of ether oxygens (including phenoxy) is 1. The summed E-state index contributed by atoms with van der Waals surface area (Å²) in [5.41, 5.74) is 2.62. The van der Waals surface area contributed by atoms with Gasteiger partial charge < -0.3 is 10.1 Å². The van der Waals surface area contributed by atoms with Crippen LogP contribution in [0, 0.1) is 0 Å². The molecule has 2 aromatic heterocycles. The number of aromatic nitrogens is 3. The van der Waals surface area contributed by atoms with E-state index in [1.165, 1.54) is 12.8 Å². The normalized spacial score (nSPS) is 22.0. The lowest BCUT2D eigenvalue weighted by atomic mass is 10.1. The summed E-state index contributed by atoms with van der Waals surface area (Å²) in [6.07, 6.45) is 11.4. The van der Waals surface area contributed by atoms with Crippen molar-refractivity contribution in [2.75, 3.05) is 0 Å². The van der Waals surface area contributed by atoms with Crippen LogP contribution in [0.3, 0.4) is 0 Å². The molecular weight excluding hydrogens is 376 g/mol. The van der Waals surface area contributed by atoms with E-state index < -0.39 is 0 Å². The summed E-state index contributed by atoms with van der Waals surface area (Å²) in [5.74, 6) is -0.0850. The number of benzene rings is 1. The van der Waals surface area contributed by atoms with E-state index in [0.717, 1.165) is 48.7 Å². The van der Waals surface area contributed by atoms with Crippen LogP contribution in [0.25, 0.3) is 11.0 Å². The number of pyridine rings is 1. The van der Waals surface area contributed by atoms with Gasteiger partial charge >= 0.3 is 0 Å². The lowest BCUT2D eigenvalue weighted by Gasteiger charge is -2.21. The fraction of sp³-hybridized carbons (Fsp3) is 0.458. The van der Waals surface area contributed by atoms with E-state index >= 15 is 0 Å². The average molecular weight is 405 g/mol. The van der Waals surface area contributed by atoms with Gasteiger partial charge in [-0.15, -0.1) is 0 Å². The lowest BCUT2D eigenvalue weighted by molar-refractivity contribution is 0.0272. The number of hydrogen-bond acceptors (Lipinski definition) is 4. The van der Waals surface area contributed by atoms with Gasteiger partial charge in [-0.2, -0.15) is 5.10 Å². The van der Waals surface area contributed by atoms with Gasteiger partial charge in [0.25, 0.3) is 5.91 Å². The summed E-state index contributed by atoms with van der Waals surface area (Å²) in [5, 5.41) is 8.65. The van der Waals surface area contributed by atoms with Crippen molar-refractivity contribution in [1.82, 2.24) is 20.1 Å². The quantitative estimate of drug-likeness (QED) is 0.661. The third-order valence-corrected chi connectivity index (χ3v) is 6.44. The Morgan fingerprint density at radius 1 is 1.07 bits per heavy atom. The van der Waals surface area contributed by atoms with E-state index in [0.29, 0.717) is 18.2 Å². The molecule has 2 atom stereocenters. The van der Waals surface area contributed by atoms with Gasteiger partial charge in [0.05, 0.1) is 36.6 Å².